The Bertz CT molecular complexity index is 1090. The molecule has 0 atom stereocenters. The highest BCUT2D eigenvalue weighted by Crippen LogP contribution is 2.33. The average Bonchev–Trinajstić information content (AvgIpc) is 3.29. The van der Waals surface area contributed by atoms with Gasteiger partial charge in [0.25, 0.3) is 11.8 Å². The molecule has 2 heterocycles. The topological polar surface area (TPSA) is 67.2 Å². The number of nitrogens with zero attached hydrogens (tertiary/aromatic N) is 3. The van der Waals surface area contributed by atoms with Crippen LogP contribution in [0.25, 0.3) is 0 Å². The van der Waals surface area contributed by atoms with E-state index in [-0.39, 0.29) is 11.8 Å². The third kappa shape index (κ3) is 3.48. The van der Waals surface area contributed by atoms with E-state index < -0.39 is 0 Å². The lowest BCUT2D eigenvalue weighted by Crippen LogP contribution is -2.29. The van der Waals surface area contributed by atoms with E-state index in [1.165, 1.54) is 6.20 Å². The molecule has 142 valence electrons. The fraction of sp³-hybridized carbons (Fsp3) is 0.150. The van der Waals surface area contributed by atoms with Crippen molar-refractivity contribution in [3.8, 4) is 0 Å². The van der Waals surface area contributed by atoms with Gasteiger partial charge in [0.05, 0.1) is 22.3 Å². The van der Waals surface area contributed by atoms with Gasteiger partial charge in [0.15, 0.2) is 0 Å². The summed E-state index contributed by atoms with van der Waals surface area (Å²) in [6, 6.07) is 10.3. The summed E-state index contributed by atoms with van der Waals surface area (Å²) in [7, 11) is 1.75. The summed E-state index contributed by atoms with van der Waals surface area (Å²) in [4.78, 5) is 26.9. The lowest BCUT2D eigenvalue weighted by Gasteiger charge is -2.18. The average molecular weight is 415 g/mol. The fourth-order valence-electron chi connectivity index (χ4n) is 3.24. The Hall–Kier alpha value is -2.83. The molecule has 1 aliphatic rings. The first-order valence-electron chi connectivity index (χ1n) is 8.62. The third-order valence-corrected chi connectivity index (χ3v) is 5.17. The summed E-state index contributed by atoms with van der Waals surface area (Å²) in [6.45, 7) is 0.539. The Balaban J connectivity index is 1.56. The van der Waals surface area contributed by atoms with Crippen molar-refractivity contribution in [1.29, 1.82) is 0 Å². The molecule has 2 aromatic carbocycles. The van der Waals surface area contributed by atoms with E-state index in [0.29, 0.717) is 39.8 Å². The van der Waals surface area contributed by atoms with Crippen LogP contribution in [-0.4, -0.2) is 28.1 Å². The van der Waals surface area contributed by atoms with Crippen LogP contribution in [0.1, 0.15) is 26.3 Å². The van der Waals surface area contributed by atoms with E-state index >= 15 is 0 Å². The number of aryl methyl sites for hydroxylation is 1. The van der Waals surface area contributed by atoms with E-state index in [2.05, 4.69) is 10.4 Å². The predicted molar refractivity (Wildman–Crippen MR) is 109 cm³/mol. The van der Waals surface area contributed by atoms with Crippen molar-refractivity contribution in [3.05, 3.63) is 75.5 Å². The summed E-state index contributed by atoms with van der Waals surface area (Å²) in [5.74, 6) is -0.428. The van der Waals surface area contributed by atoms with Crippen LogP contribution in [0.2, 0.25) is 10.0 Å². The highest BCUT2D eigenvalue weighted by Gasteiger charge is 2.27. The van der Waals surface area contributed by atoms with Gasteiger partial charge in [-0.05, 0) is 48.4 Å². The second kappa shape index (κ2) is 7.30. The first-order chi connectivity index (χ1) is 13.4. The molecule has 0 fully saturated rings. The number of rotatable bonds is 3. The number of nitrogens with one attached hydrogen (secondary N) is 1. The van der Waals surface area contributed by atoms with Crippen LogP contribution in [-0.2, 0) is 13.5 Å². The fourth-order valence-corrected chi connectivity index (χ4v) is 3.61. The van der Waals surface area contributed by atoms with Crippen LogP contribution < -0.4 is 10.2 Å². The standard InChI is InChI=1S/C20H16Cl2N4O2/c1-25-11-13(10-23-25)19(27)24-15-3-5-18-12(8-15)6-7-26(18)20(28)16-9-14(21)2-4-17(16)22/h2-5,8-11H,6-7H2,1H3,(H,24,27). The van der Waals surface area contributed by atoms with Gasteiger partial charge in [-0.15, -0.1) is 0 Å². The summed E-state index contributed by atoms with van der Waals surface area (Å²) >= 11 is 12.2. The number of carbonyl (C=O) groups excluding carboxylic acids is 2. The van der Waals surface area contributed by atoms with E-state index in [0.717, 1.165) is 11.3 Å². The van der Waals surface area contributed by atoms with Gasteiger partial charge in [0, 0.05) is 36.2 Å². The van der Waals surface area contributed by atoms with Crippen LogP contribution >= 0.6 is 23.2 Å². The molecular formula is C20H16Cl2N4O2. The zero-order valence-corrected chi connectivity index (χ0v) is 16.5. The second-order valence-corrected chi connectivity index (χ2v) is 7.37. The quantitative estimate of drug-likeness (QED) is 0.698. The molecule has 28 heavy (non-hydrogen) atoms. The van der Waals surface area contributed by atoms with E-state index in [4.69, 9.17) is 23.2 Å². The van der Waals surface area contributed by atoms with Gasteiger partial charge in [-0.1, -0.05) is 23.2 Å². The molecular weight excluding hydrogens is 399 g/mol. The Morgan fingerprint density at radius 3 is 2.71 bits per heavy atom. The summed E-state index contributed by atoms with van der Waals surface area (Å²) in [5, 5.41) is 7.68. The lowest BCUT2D eigenvalue weighted by molar-refractivity contribution is 0.0987. The molecule has 0 aliphatic carbocycles. The summed E-state index contributed by atoms with van der Waals surface area (Å²) < 4.78 is 1.57. The maximum absolute atomic E-state index is 12.9. The Morgan fingerprint density at radius 1 is 1.14 bits per heavy atom. The van der Waals surface area contributed by atoms with Gasteiger partial charge in [-0.2, -0.15) is 5.10 Å². The van der Waals surface area contributed by atoms with E-state index in [9.17, 15) is 9.59 Å². The number of carbonyl (C=O) groups is 2. The second-order valence-electron chi connectivity index (χ2n) is 6.53. The number of anilines is 2. The number of fused-ring (bicyclic) bond motifs is 1. The Kier molecular flexibility index (Phi) is 4.83. The number of benzene rings is 2. The largest absolute Gasteiger partial charge is 0.322 e. The number of hydrogen-bond donors (Lipinski definition) is 1. The van der Waals surface area contributed by atoms with Gasteiger partial charge in [-0.25, -0.2) is 0 Å². The van der Waals surface area contributed by atoms with Crippen molar-refractivity contribution in [2.24, 2.45) is 7.05 Å². The van der Waals surface area contributed by atoms with Crippen LogP contribution in [0.4, 0.5) is 11.4 Å². The molecule has 0 radical (unpaired) electrons. The molecule has 1 aromatic heterocycles. The van der Waals surface area contributed by atoms with Gasteiger partial charge in [0.2, 0.25) is 0 Å². The minimum absolute atomic E-state index is 0.196. The minimum Gasteiger partial charge on any atom is -0.322 e. The first-order valence-corrected chi connectivity index (χ1v) is 9.38. The lowest BCUT2D eigenvalue weighted by atomic mass is 10.1. The molecule has 0 unspecified atom stereocenters. The highest BCUT2D eigenvalue weighted by molar-refractivity contribution is 6.36. The zero-order valence-electron chi connectivity index (χ0n) is 14.9. The molecule has 0 saturated heterocycles. The van der Waals surface area contributed by atoms with Crippen molar-refractivity contribution in [3.63, 3.8) is 0 Å². The number of hydrogen-bond acceptors (Lipinski definition) is 3. The molecule has 0 saturated carbocycles. The van der Waals surface area contributed by atoms with Crippen molar-refractivity contribution in [1.82, 2.24) is 9.78 Å². The zero-order chi connectivity index (χ0) is 19.8. The first kappa shape index (κ1) is 18.5. The van der Waals surface area contributed by atoms with Crippen LogP contribution in [0.3, 0.4) is 0 Å². The van der Waals surface area contributed by atoms with Crippen molar-refractivity contribution >= 4 is 46.4 Å². The SMILES string of the molecule is Cn1cc(C(=O)Nc2ccc3c(c2)CCN3C(=O)c2cc(Cl)ccc2Cl)cn1. The van der Waals surface area contributed by atoms with E-state index in [1.807, 2.05) is 12.1 Å². The van der Waals surface area contributed by atoms with Gasteiger partial charge < -0.3 is 10.2 Å². The predicted octanol–water partition coefficient (Wildman–Crippen LogP) is 4.18. The van der Waals surface area contributed by atoms with Crippen molar-refractivity contribution < 1.29 is 9.59 Å². The number of amides is 2. The summed E-state index contributed by atoms with van der Waals surface area (Å²) in [5.41, 5.74) is 3.31. The molecule has 1 N–H and O–H groups in total. The molecule has 0 spiro atoms. The maximum atomic E-state index is 12.9. The van der Waals surface area contributed by atoms with Crippen LogP contribution in [0.15, 0.2) is 48.8 Å². The smallest absolute Gasteiger partial charge is 0.259 e. The molecule has 3 aromatic rings. The minimum atomic E-state index is -0.232. The molecule has 8 heteroatoms. The van der Waals surface area contributed by atoms with Crippen molar-refractivity contribution in [2.45, 2.75) is 6.42 Å². The highest BCUT2D eigenvalue weighted by atomic mass is 35.5. The molecule has 6 nitrogen and oxygen atoms in total. The summed E-state index contributed by atoms with van der Waals surface area (Å²) in [6.07, 6.45) is 3.85. The van der Waals surface area contributed by atoms with Crippen molar-refractivity contribution in [2.75, 3.05) is 16.8 Å². The number of aromatic nitrogens is 2. The van der Waals surface area contributed by atoms with Gasteiger partial charge in [-0.3, -0.25) is 14.3 Å². The van der Waals surface area contributed by atoms with E-state index in [1.54, 1.807) is 47.1 Å². The molecule has 1 aliphatic heterocycles. The van der Waals surface area contributed by atoms with Gasteiger partial charge >= 0.3 is 0 Å². The number of halogens is 2. The Labute approximate surface area is 171 Å². The molecule has 2 amide bonds. The third-order valence-electron chi connectivity index (χ3n) is 4.60. The Morgan fingerprint density at radius 2 is 1.96 bits per heavy atom. The van der Waals surface area contributed by atoms with Crippen LogP contribution in [0, 0.1) is 0 Å². The van der Waals surface area contributed by atoms with Crippen LogP contribution in [0.5, 0.6) is 0 Å². The maximum Gasteiger partial charge on any atom is 0.259 e. The molecule has 0 bridgehead atoms. The normalized spacial score (nSPS) is 12.8. The van der Waals surface area contributed by atoms with Gasteiger partial charge in [0.1, 0.15) is 0 Å². The monoisotopic (exact) mass is 414 g/mol. The molecule has 4 rings (SSSR count).